The lowest BCUT2D eigenvalue weighted by molar-refractivity contribution is -0.148. The molecule has 0 unspecified atom stereocenters. The molecular formula is C16H15NO4S. The first-order valence-electron chi connectivity index (χ1n) is 6.85. The number of thiophene rings is 1. The van der Waals surface area contributed by atoms with Crippen LogP contribution in [0.4, 0.5) is 5.69 Å². The summed E-state index contributed by atoms with van der Waals surface area (Å²) in [6.45, 7) is 0.161. The van der Waals surface area contributed by atoms with Gasteiger partial charge >= 0.3 is 5.97 Å². The second-order valence-corrected chi connectivity index (χ2v) is 5.89. The highest BCUT2D eigenvalue weighted by molar-refractivity contribution is 7.10. The zero-order valence-corrected chi connectivity index (χ0v) is 12.8. The van der Waals surface area contributed by atoms with Crippen molar-refractivity contribution >= 4 is 28.9 Å². The molecule has 5 nitrogen and oxygen atoms in total. The third kappa shape index (κ3) is 2.82. The van der Waals surface area contributed by atoms with Gasteiger partial charge < -0.3 is 14.4 Å². The van der Waals surface area contributed by atoms with E-state index in [1.54, 1.807) is 17.0 Å². The normalized spacial score (nSPS) is 16.6. The maximum atomic E-state index is 12.6. The van der Waals surface area contributed by atoms with E-state index in [2.05, 4.69) is 0 Å². The summed E-state index contributed by atoms with van der Waals surface area (Å²) in [7, 11) is 1.31. The Morgan fingerprint density at radius 2 is 2.14 bits per heavy atom. The minimum absolute atomic E-state index is 0.0629. The standard InChI is InChI=1S/C16H15NO4S/c1-20-16(19)14-10-17(12-6-2-3-7-13(12)21-14)15(18)9-11-5-4-8-22-11/h2-8,14H,9-10H2,1H3/t14-/m0/s1. The van der Waals surface area contributed by atoms with E-state index in [4.69, 9.17) is 9.47 Å². The fraction of sp³-hybridized carbons (Fsp3) is 0.250. The van der Waals surface area contributed by atoms with Crippen LogP contribution in [0, 0.1) is 0 Å². The average Bonchev–Trinajstić information content (AvgIpc) is 3.05. The smallest absolute Gasteiger partial charge is 0.348 e. The van der Waals surface area contributed by atoms with Crippen molar-refractivity contribution in [3.05, 3.63) is 46.7 Å². The maximum absolute atomic E-state index is 12.6. The van der Waals surface area contributed by atoms with Gasteiger partial charge in [0.1, 0.15) is 5.75 Å². The quantitative estimate of drug-likeness (QED) is 0.815. The monoisotopic (exact) mass is 317 g/mol. The Hall–Kier alpha value is -2.34. The molecule has 1 aliphatic heterocycles. The van der Waals surface area contributed by atoms with Crippen molar-refractivity contribution in [1.29, 1.82) is 0 Å². The van der Waals surface area contributed by atoms with Crippen LogP contribution < -0.4 is 9.64 Å². The van der Waals surface area contributed by atoms with Crippen molar-refractivity contribution in [2.75, 3.05) is 18.6 Å². The van der Waals surface area contributed by atoms with Crippen LogP contribution in [0.3, 0.4) is 0 Å². The Morgan fingerprint density at radius 1 is 1.32 bits per heavy atom. The van der Waals surface area contributed by atoms with Crippen LogP contribution >= 0.6 is 11.3 Å². The first-order valence-corrected chi connectivity index (χ1v) is 7.73. The molecule has 22 heavy (non-hydrogen) atoms. The van der Waals surface area contributed by atoms with Gasteiger partial charge in [-0.25, -0.2) is 4.79 Å². The number of fused-ring (bicyclic) bond motifs is 1. The summed E-state index contributed by atoms with van der Waals surface area (Å²) in [5, 5.41) is 1.94. The van der Waals surface area contributed by atoms with Gasteiger partial charge in [0, 0.05) is 4.88 Å². The van der Waals surface area contributed by atoms with Gasteiger partial charge in [-0.05, 0) is 23.6 Å². The Balaban J connectivity index is 1.87. The van der Waals surface area contributed by atoms with Crippen molar-refractivity contribution < 1.29 is 19.1 Å². The van der Waals surface area contributed by atoms with Crippen molar-refractivity contribution in [3.8, 4) is 5.75 Å². The summed E-state index contributed by atoms with van der Waals surface area (Å²) in [4.78, 5) is 27.0. The fourth-order valence-electron chi connectivity index (χ4n) is 2.38. The van der Waals surface area contributed by atoms with Gasteiger partial charge in [0.25, 0.3) is 0 Å². The molecule has 114 valence electrons. The van der Waals surface area contributed by atoms with E-state index >= 15 is 0 Å². The fourth-order valence-corrected chi connectivity index (χ4v) is 3.08. The molecule has 1 aromatic heterocycles. The summed E-state index contributed by atoms with van der Waals surface area (Å²) < 4.78 is 10.4. The molecule has 0 spiro atoms. The topological polar surface area (TPSA) is 55.8 Å². The number of esters is 1. The zero-order valence-electron chi connectivity index (χ0n) is 12.0. The number of anilines is 1. The van der Waals surface area contributed by atoms with Crippen LogP contribution in [-0.2, 0) is 20.7 Å². The lowest BCUT2D eigenvalue weighted by Crippen LogP contribution is -2.48. The van der Waals surface area contributed by atoms with Gasteiger partial charge in [-0.2, -0.15) is 0 Å². The van der Waals surface area contributed by atoms with Crippen molar-refractivity contribution in [1.82, 2.24) is 0 Å². The third-order valence-corrected chi connectivity index (χ3v) is 4.32. The molecule has 1 atom stereocenters. The van der Waals surface area contributed by atoms with Crippen molar-refractivity contribution in [2.45, 2.75) is 12.5 Å². The summed E-state index contributed by atoms with van der Waals surface area (Å²) in [5.74, 6) is -0.0285. The van der Waals surface area contributed by atoms with E-state index < -0.39 is 12.1 Å². The second kappa shape index (κ2) is 6.19. The molecular weight excluding hydrogens is 302 g/mol. The van der Waals surface area contributed by atoms with Gasteiger partial charge in [0.2, 0.25) is 12.0 Å². The number of para-hydroxylation sites is 2. The van der Waals surface area contributed by atoms with E-state index in [0.717, 1.165) is 4.88 Å². The van der Waals surface area contributed by atoms with E-state index in [1.165, 1.54) is 18.4 Å². The number of methoxy groups -OCH3 is 1. The molecule has 3 rings (SSSR count). The van der Waals surface area contributed by atoms with Crippen LogP contribution in [0.25, 0.3) is 0 Å². The van der Waals surface area contributed by atoms with Crippen LogP contribution in [0.5, 0.6) is 5.75 Å². The Kier molecular flexibility index (Phi) is 4.11. The number of rotatable bonds is 3. The Morgan fingerprint density at radius 3 is 2.86 bits per heavy atom. The van der Waals surface area contributed by atoms with E-state index in [-0.39, 0.29) is 12.5 Å². The number of hydrogen-bond acceptors (Lipinski definition) is 5. The van der Waals surface area contributed by atoms with Crippen LogP contribution in [0.1, 0.15) is 4.88 Å². The predicted octanol–water partition coefficient (Wildman–Crippen LogP) is 2.26. The van der Waals surface area contributed by atoms with Gasteiger partial charge in [0.05, 0.1) is 25.8 Å². The number of amides is 1. The van der Waals surface area contributed by atoms with Crippen LogP contribution in [-0.4, -0.2) is 31.6 Å². The summed E-state index contributed by atoms with van der Waals surface area (Å²) in [5.41, 5.74) is 0.684. The highest BCUT2D eigenvalue weighted by atomic mass is 32.1. The van der Waals surface area contributed by atoms with E-state index in [9.17, 15) is 9.59 Å². The molecule has 6 heteroatoms. The molecule has 2 aromatic rings. The Bertz CT molecular complexity index is 683. The minimum atomic E-state index is -0.799. The molecule has 0 bridgehead atoms. The lowest BCUT2D eigenvalue weighted by Gasteiger charge is -2.33. The van der Waals surface area contributed by atoms with Crippen molar-refractivity contribution in [3.63, 3.8) is 0 Å². The molecule has 1 aromatic carbocycles. The maximum Gasteiger partial charge on any atom is 0.348 e. The van der Waals surface area contributed by atoms with Gasteiger partial charge in [-0.15, -0.1) is 11.3 Å². The largest absolute Gasteiger partial charge is 0.475 e. The SMILES string of the molecule is COC(=O)[C@@H]1CN(C(=O)Cc2cccs2)c2ccccc2O1. The summed E-state index contributed by atoms with van der Waals surface area (Å²) in [6.07, 6.45) is -0.493. The number of carbonyl (C=O) groups is 2. The number of carbonyl (C=O) groups excluding carboxylic acids is 2. The second-order valence-electron chi connectivity index (χ2n) is 4.86. The minimum Gasteiger partial charge on any atom is -0.475 e. The molecule has 0 saturated carbocycles. The van der Waals surface area contributed by atoms with Crippen LogP contribution in [0.15, 0.2) is 41.8 Å². The lowest BCUT2D eigenvalue weighted by atomic mass is 10.1. The Labute approximate surface area is 132 Å². The van der Waals surface area contributed by atoms with E-state index in [1.807, 2.05) is 29.6 Å². The zero-order chi connectivity index (χ0) is 15.5. The molecule has 0 N–H and O–H groups in total. The van der Waals surface area contributed by atoms with E-state index in [0.29, 0.717) is 17.9 Å². The molecule has 1 amide bonds. The molecule has 1 aliphatic rings. The molecule has 0 fully saturated rings. The number of ether oxygens (including phenoxy) is 2. The average molecular weight is 317 g/mol. The molecule has 0 saturated heterocycles. The molecule has 2 heterocycles. The predicted molar refractivity (Wildman–Crippen MR) is 83.3 cm³/mol. The summed E-state index contributed by atoms with van der Waals surface area (Å²) in [6, 6.07) is 11.0. The highest BCUT2D eigenvalue weighted by Gasteiger charge is 2.34. The first kappa shape index (κ1) is 14.6. The number of nitrogens with zero attached hydrogens (tertiary/aromatic N) is 1. The van der Waals surface area contributed by atoms with Crippen molar-refractivity contribution in [2.24, 2.45) is 0 Å². The van der Waals surface area contributed by atoms with Gasteiger partial charge in [-0.1, -0.05) is 18.2 Å². The van der Waals surface area contributed by atoms with Gasteiger partial charge in [-0.3, -0.25) is 4.79 Å². The van der Waals surface area contributed by atoms with Gasteiger partial charge in [0.15, 0.2) is 0 Å². The molecule has 0 aliphatic carbocycles. The third-order valence-electron chi connectivity index (χ3n) is 3.44. The van der Waals surface area contributed by atoms with Crippen LogP contribution in [0.2, 0.25) is 0 Å². The number of benzene rings is 1. The number of hydrogen-bond donors (Lipinski definition) is 0. The highest BCUT2D eigenvalue weighted by Crippen LogP contribution is 2.33. The summed E-state index contributed by atoms with van der Waals surface area (Å²) >= 11 is 1.54. The first-order chi connectivity index (χ1) is 10.7. The molecule has 0 radical (unpaired) electrons.